The van der Waals surface area contributed by atoms with Gasteiger partial charge in [0, 0.05) is 6.42 Å². The van der Waals surface area contributed by atoms with Gasteiger partial charge in [-0.25, -0.2) is 0 Å². The van der Waals surface area contributed by atoms with Crippen LogP contribution in [0, 0.1) is 0 Å². The molecule has 5 heteroatoms. The Morgan fingerprint density at radius 2 is 2.18 bits per heavy atom. The third-order valence-electron chi connectivity index (χ3n) is 1.59. The van der Waals surface area contributed by atoms with Gasteiger partial charge in [-0.05, 0) is 14.0 Å². The second-order valence-corrected chi connectivity index (χ2v) is 2.32. The molecule has 11 heavy (non-hydrogen) atoms. The van der Waals surface area contributed by atoms with Crippen molar-refractivity contribution in [3.8, 4) is 0 Å². The predicted molar refractivity (Wildman–Crippen MR) is 44.6 cm³/mol. The van der Waals surface area contributed by atoms with Crippen molar-refractivity contribution in [2.45, 2.75) is 18.9 Å². The lowest BCUT2D eigenvalue weighted by Crippen LogP contribution is -2.51. The first-order chi connectivity index (χ1) is 4.56. The van der Waals surface area contributed by atoms with Gasteiger partial charge < -0.3 is 15.8 Å². The van der Waals surface area contributed by atoms with Crippen LogP contribution in [0.1, 0.15) is 13.3 Å². The molecule has 0 spiro atoms. The van der Waals surface area contributed by atoms with Crippen LogP contribution in [0.5, 0.6) is 0 Å². The summed E-state index contributed by atoms with van der Waals surface area (Å²) in [4.78, 5) is 20.7. The second kappa shape index (κ2) is 5.09. The Morgan fingerprint density at radius 1 is 1.73 bits per heavy atom. The van der Waals surface area contributed by atoms with Crippen LogP contribution in [0.3, 0.4) is 0 Å². The van der Waals surface area contributed by atoms with Crippen molar-refractivity contribution >= 4 is 24.6 Å². The third kappa shape index (κ3) is 3.34. The highest BCUT2D eigenvalue weighted by molar-refractivity contribution is 5.86. The molecule has 1 atom stereocenters. The van der Waals surface area contributed by atoms with Crippen molar-refractivity contribution in [2.75, 3.05) is 7.05 Å². The van der Waals surface area contributed by atoms with E-state index in [4.69, 9.17) is 5.73 Å². The average Bonchev–Trinajstić information content (AvgIpc) is 1.88. The van der Waals surface area contributed by atoms with E-state index in [2.05, 4.69) is 5.32 Å². The van der Waals surface area contributed by atoms with Crippen LogP contribution in [0.15, 0.2) is 0 Å². The number of nitrogens with two attached hydrogens (primary N) is 1. The van der Waals surface area contributed by atoms with E-state index in [1.54, 1.807) is 14.0 Å². The Kier molecular flexibility index (Phi) is 6.03. The molecule has 1 amide bonds. The Balaban J connectivity index is 0. The molecule has 0 bridgehead atoms. The number of aldehydes is 1. The smallest absolute Gasteiger partial charge is 0.237 e. The van der Waals surface area contributed by atoms with Crippen LogP contribution >= 0.6 is 12.4 Å². The fraction of sp³-hybridized carbons (Fsp3) is 0.667. The predicted octanol–water partition coefficient (Wildman–Crippen LogP) is -0.539. The van der Waals surface area contributed by atoms with Crippen molar-refractivity contribution in [1.82, 2.24) is 5.32 Å². The van der Waals surface area contributed by atoms with Crippen LogP contribution in [0.25, 0.3) is 0 Å². The summed E-state index contributed by atoms with van der Waals surface area (Å²) < 4.78 is 0. The molecule has 0 aromatic heterocycles. The summed E-state index contributed by atoms with van der Waals surface area (Å²) >= 11 is 0. The number of carbonyl (C=O) groups excluding carboxylic acids is 2. The molecule has 0 aromatic rings. The first kappa shape index (κ1) is 13.0. The first-order valence-electron chi connectivity index (χ1n) is 2.99. The minimum absolute atomic E-state index is 0. The van der Waals surface area contributed by atoms with E-state index in [1.807, 2.05) is 0 Å². The van der Waals surface area contributed by atoms with Gasteiger partial charge in [0.05, 0.1) is 0 Å². The molecular formula is C6H13ClN2O2. The summed E-state index contributed by atoms with van der Waals surface area (Å²) in [5.74, 6) is -0.512. The highest BCUT2D eigenvalue weighted by atomic mass is 35.5. The average molecular weight is 181 g/mol. The normalized spacial score (nSPS) is 14.4. The van der Waals surface area contributed by atoms with Gasteiger partial charge in [0.25, 0.3) is 0 Å². The van der Waals surface area contributed by atoms with E-state index in [-0.39, 0.29) is 18.8 Å². The van der Waals surface area contributed by atoms with Gasteiger partial charge in [0.1, 0.15) is 11.8 Å². The number of carbonyl (C=O) groups is 2. The van der Waals surface area contributed by atoms with E-state index in [9.17, 15) is 9.59 Å². The molecule has 66 valence electrons. The summed E-state index contributed by atoms with van der Waals surface area (Å²) in [6.07, 6.45) is 0.778. The molecule has 0 saturated heterocycles. The van der Waals surface area contributed by atoms with Gasteiger partial charge in [-0.3, -0.25) is 4.79 Å². The molecule has 0 saturated carbocycles. The molecule has 0 heterocycles. The van der Waals surface area contributed by atoms with Crippen molar-refractivity contribution in [3.05, 3.63) is 0 Å². The topological polar surface area (TPSA) is 72.2 Å². The number of nitrogens with one attached hydrogen (secondary N) is 1. The molecule has 0 aliphatic carbocycles. The Hall–Kier alpha value is -0.610. The number of halogens is 1. The quantitative estimate of drug-likeness (QED) is 0.571. The van der Waals surface area contributed by atoms with Gasteiger partial charge in [-0.1, -0.05) is 0 Å². The van der Waals surface area contributed by atoms with Crippen molar-refractivity contribution in [2.24, 2.45) is 5.73 Å². The van der Waals surface area contributed by atoms with E-state index in [0.29, 0.717) is 6.29 Å². The summed E-state index contributed by atoms with van der Waals surface area (Å²) in [5, 5.41) is 2.67. The summed E-state index contributed by atoms with van der Waals surface area (Å²) in [6.45, 7) is 1.59. The van der Waals surface area contributed by atoms with Gasteiger partial charge >= 0.3 is 0 Å². The molecule has 0 aliphatic rings. The van der Waals surface area contributed by atoms with E-state index in [0.717, 1.165) is 0 Å². The van der Waals surface area contributed by atoms with Crippen molar-refractivity contribution in [3.63, 3.8) is 0 Å². The largest absolute Gasteiger partial charge is 0.368 e. The number of primary amides is 1. The first-order valence-corrected chi connectivity index (χ1v) is 2.99. The fourth-order valence-electron chi connectivity index (χ4n) is 0.493. The molecular weight excluding hydrogens is 168 g/mol. The van der Waals surface area contributed by atoms with Gasteiger partial charge in [-0.2, -0.15) is 0 Å². The molecule has 1 unspecified atom stereocenters. The molecule has 4 nitrogen and oxygen atoms in total. The molecule has 0 aliphatic heterocycles. The second-order valence-electron chi connectivity index (χ2n) is 2.32. The maximum absolute atomic E-state index is 10.6. The maximum atomic E-state index is 10.6. The van der Waals surface area contributed by atoms with Gasteiger partial charge in [0.2, 0.25) is 5.91 Å². The fourth-order valence-corrected chi connectivity index (χ4v) is 0.493. The van der Waals surface area contributed by atoms with Crippen LogP contribution in [-0.4, -0.2) is 24.8 Å². The van der Waals surface area contributed by atoms with Crippen molar-refractivity contribution in [1.29, 1.82) is 0 Å². The maximum Gasteiger partial charge on any atom is 0.237 e. The number of hydrogen-bond acceptors (Lipinski definition) is 3. The zero-order valence-electron chi connectivity index (χ0n) is 6.59. The minimum atomic E-state index is -0.887. The van der Waals surface area contributed by atoms with Crippen LogP contribution in [-0.2, 0) is 9.59 Å². The molecule has 0 fully saturated rings. The number of hydrogen-bond donors (Lipinski definition) is 2. The Labute approximate surface area is 71.9 Å². The zero-order chi connectivity index (χ0) is 8.20. The van der Waals surface area contributed by atoms with Crippen LogP contribution in [0.2, 0.25) is 0 Å². The molecule has 0 rings (SSSR count). The zero-order valence-corrected chi connectivity index (χ0v) is 7.40. The third-order valence-corrected chi connectivity index (χ3v) is 1.59. The highest BCUT2D eigenvalue weighted by Gasteiger charge is 2.27. The standard InChI is InChI=1S/C6H12N2O2.ClH/c1-6(8-2,3-4-9)5(7)10;/h4,8H,3H2,1-2H3,(H2,7,10);1H. The van der Waals surface area contributed by atoms with Crippen LogP contribution < -0.4 is 11.1 Å². The monoisotopic (exact) mass is 180 g/mol. The number of amides is 1. The van der Waals surface area contributed by atoms with Crippen LogP contribution in [0.4, 0.5) is 0 Å². The number of likely N-dealkylation sites (N-methyl/N-ethyl adjacent to an activating group) is 1. The van der Waals surface area contributed by atoms with Gasteiger partial charge in [0.15, 0.2) is 0 Å². The Bertz CT molecular complexity index is 152. The SMILES string of the molecule is CNC(C)(CC=O)C(N)=O.Cl. The Morgan fingerprint density at radius 3 is 2.27 bits per heavy atom. The van der Waals surface area contributed by atoms with Gasteiger partial charge in [-0.15, -0.1) is 12.4 Å². The van der Waals surface area contributed by atoms with E-state index < -0.39 is 11.4 Å². The lowest BCUT2D eigenvalue weighted by Gasteiger charge is -2.21. The molecule has 0 aromatic carbocycles. The number of rotatable bonds is 4. The molecule has 0 radical (unpaired) electrons. The molecule has 3 N–H and O–H groups in total. The summed E-state index contributed by atoms with van der Waals surface area (Å²) in [7, 11) is 1.59. The van der Waals surface area contributed by atoms with E-state index in [1.165, 1.54) is 0 Å². The lowest BCUT2D eigenvalue weighted by molar-refractivity contribution is -0.125. The lowest BCUT2D eigenvalue weighted by atomic mass is 9.98. The summed E-state index contributed by atoms with van der Waals surface area (Å²) in [5.41, 5.74) is 4.12. The van der Waals surface area contributed by atoms with Crippen molar-refractivity contribution < 1.29 is 9.59 Å². The summed E-state index contributed by atoms with van der Waals surface area (Å²) in [6, 6.07) is 0. The van der Waals surface area contributed by atoms with E-state index >= 15 is 0 Å². The minimum Gasteiger partial charge on any atom is -0.368 e. The highest BCUT2D eigenvalue weighted by Crippen LogP contribution is 2.04.